The van der Waals surface area contributed by atoms with E-state index in [1.54, 1.807) is 0 Å². The summed E-state index contributed by atoms with van der Waals surface area (Å²) in [5.74, 6) is -0.777. The van der Waals surface area contributed by atoms with Crippen LogP contribution in [0.4, 0.5) is 5.69 Å². The van der Waals surface area contributed by atoms with Crippen molar-refractivity contribution in [2.24, 2.45) is 5.92 Å². The molecular weight excluding hydrogens is 400 g/mol. The zero-order valence-corrected chi connectivity index (χ0v) is 18.0. The van der Waals surface area contributed by atoms with Crippen molar-refractivity contribution < 1.29 is 9.90 Å². The van der Waals surface area contributed by atoms with Gasteiger partial charge in [0.15, 0.2) is 0 Å². The molecule has 2 aliphatic rings. The number of carbonyl (C=O) groups is 1. The van der Waals surface area contributed by atoms with Crippen LogP contribution in [0.1, 0.15) is 46.5 Å². The van der Waals surface area contributed by atoms with Crippen LogP contribution in [0.15, 0.2) is 60.9 Å². The van der Waals surface area contributed by atoms with E-state index in [0.717, 1.165) is 60.6 Å². The minimum atomic E-state index is -0.747. The predicted octanol–water partition coefficient (Wildman–Crippen LogP) is 3.75. The fraction of sp³-hybridized carbons (Fsp3) is 0.346. The smallest absolute Gasteiger partial charge is 0.311 e. The zero-order chi connectivity index (χ0) is 21.9. The van der Waals surface area contributed by atoms with Gasteiger partial charge in [-0.1, -0.05) is 36.4 Å². The van der Waals surface area contributed by atoms with Crippen LogP contribution in [0.5, 0.6) is 0 Å². The lowest BCUT2D eigenvalue weighted by Gasteiger charge is -2.33. The van der Waals surface area contributed by atoms with Gasteiger partial charge >= 0.3 is 5.97 Å². The van der Waals surface area contributed by atoms with Crippen molar-refractivity contribution in [1.82, 2.24) is 15.3 Å². The lowest BCUT2D eigenvalue weighted by atomic mass is 9.86. The van der Waals surface area contributed by atoms with Crippen molar-refractivity contribution in [3.05, 3.63) is 89.0 Å². The van der Waals surface area contributed by atoms with E-state index in [0.29, 0.717) is 12.3 Å². The number of fused-ring (bicyclic) bond motifs is 2. The highest BCUT2D eigenvalue weighted by Crippen LogP contribution is 2.33. The predicted molar refractivity (Wildman–Crippen MR) is 124 cm³/mol. The second-order valence-corrected chi connectivity index (χ2v) is 8.74. The van der Waals surface area contributed by atoms with Gasteiger partial charge in [0, 0.05) is 36.6 Å². The molecule has 0 amide bonds. The average Bonchev–Trinajstić information content (AvgIpc) is 3.26. The van der Waals surface area contributed by atoms with Gasteiger partial charge < -0.3 is 15.7 Å². The second-order valence-electron chi connectivity index (χ2n) is 8.74. The molecule has 164 valence electrons. The second kappa shape index (κ2) is 9.09. The number of hydrogen-bond acceptors (Lipinski definition) is 5. The van der Waals surface area contributed by atoms with Crippen LogP contribution in [0.2, 0.25) is 0 Å². The number of benzene rings is 1. The first kappa shape index (κ1) is 20.6. The Labute approximate surface area is 188 Å². The molecule has 1 aromatic carbocycles. The minimum absolute atomic E-state index is 0.202. The van der Waals surface area contributed by atoms with Gasteiger partial charge in [-0.2, -0.15) is 0 Å². The summed E-state index contributed by atoms with van der Waals surface area (Å²) in [4.78, 5) is 20.7. The van der Waals surface area contributed by atoms with Crippen LogP contribution in [-0.2, 0) is 24.1 Å². The molecule has 3 atom stereocenters. The van der Waals surface area contributed by atoms with Crippen molar-refractivity contribution in [3.63, 3.8) is 0 Å². The molecule has 1 aliphatic carbocycles. The molecule has 32 heavy (non-hydrogen) atoms. The van der Waals surface area contributed by atoms with Crippen LogP contribution in [0, 0.1) is 5.92 Å². The molecule has 0 radical (unpaired) electrons. The van der Waals surface area contributed by atoms with E-state index < -0.39 is 11.9 Å². The summed E-state index contributed by atoms with van der Waals surface area (Å²) in [5, 5.41) is 16.8. The number of anilines is 1. The standard InChI is InChI=1S/C26H28N4O2/c31-26(32)20-8-9-22-21(20)13-17(15-29-22)10-12-28-25(18-5-2-1-3-6-18)19-14-24-23(30-16-19)7-4-11-27-24/h1-7,11,13,15,19-20,25,28,30H,8-10,12,14,16H2,(H,31,32)/t19-,20-,25-/m1/s1. The number of nitrogens with zero attached hydrogens (tertiary/aromatic N) is 2. The quantitative estimate of drug-likeness (QED) is 0.531. The van der Waals surface area contributed by atoms with Crippen molar-refractivity contribution in [1.29, 1.82) is 0 Å². The summed E-state index contributed by atoms with van der Waals surface area (Å²) >= 11 is 0. The number of carboxylic acid groups (broad SMARTS) is 1. The minimum Gasteiger partial charge on any atom is -0.481 e. The molecule has 0 saturated carbocycles. The summed E-state index contributed by atoms with van der Waals surface area (Å²) in [6.45, 7) is 1.69. The van der Waals surface area contributed by atoms with Crippen molar-refractivity contribution in [2.75, 3.05) is 18.4 Å². The summed E-state index contributed by atoms with van der Waals surface area (Å²) in [6.07, 6.45) is 6.91. The molecule has 6 heteroatoms. The normalized spacial score (nSPS) is 20.1. The Hall–Kier alpha value is -3.25. The fourth-order valence-corrected chi connectivity index (χ4v) is 5.04. The molecule has 0 fully saturated rings. The van der Waals surface area contributed by atoms with E-state index in [9.17, 15) is 9.90 Å². The zero-order valence-electron chi connectivity index (χ0n) is 18.0. The molecule has 1 aliphatic heterocycles. The van der Waals surface area contributed by atoms with E-state index in [1.165, 1.54) is 5.56 Å². The Bertz CT molecular complexity index is 1100. The molecule has 6 nitrogen and oxygen atoms in total. The molecular formula is C26H28N4O2. The maximum absolute atomic E-state index is 11.5. The third-order valence-corrected chi connectivity index (χ3v) is 6.71. The number of aromatic nitrogens is 2. The molecule has 3 aromatic rings. The number of pyridine rings is 2. The third-order valence-electron chi connectivity index (χ3n) is 6.71. The van der Waals surface area contributed by atoms with E-state index in [2.05, 4.69) is 57.0 Å². The van der Waals surface area contributed by atoms with Gasteiger partial charge in [0.05, 0.1) is 17.3 Å². The molecule has 0 saturated heterocycles. The number of hydrogen-bond donors (Lipinski definition) is 3. The first-order chi connectivity index (χ1) is 15.7. The molecule has 3 heterocycles. The van der Waals surface area contributed by atoms with Crippen molar-refractivity contribution >= 4 is 11.7 Å². The van der Waals surface area contributed by atoms with Gasteiger partial charge in [0.25, 0.3) is 0 Å². The number of nitrogens with one attached hydrogen (secondary N) is 2. The Morgan fingerprint density at radius 3 is 2.88 bits per heavy atom. The topological polar surface area (TPSA) is 87.1 Å². The number of carboxylic acids is 1. The Morgan fingerprint density at radius 2 is 2.03 bits per heavy atom. The lowest BCUT2D eigenvalue weighted by molar-refractivity contribution is -0.138. The van der Waals surface area contributed by atoms with Crippen LogP contribution in [-0.4, -0.2) is 34.1 Å². The summed E-state index contributed by atoms with van der Waals surface area (Å²) in [7, 11) is 0. The maximum atomic E-state index is 11.5. The highest BCUT2D eigenvalue weighted by Gasteiger charge is 2.30. The highest BCUT2D eigenvalue weighted by molar-refractivity contribution is 5.77. The molecule has 0 bridgehead atoms. The molecule has 0 spiro atoms. The molecule has 3 N–H and O–H groups in total. The van der Waals surface area contributed by atoms with Crippen molar-refractivity contribution in [3.8, 4) is 0 Å². The Balaban J connectivity index is 1.29. The van der Waals surface area contributed by atoms with Gasteiger partial charge in [-0.05, 0) is 61.1 Å². The monoisotopic (exact) mass is 428 g/mol. The summed E-state index contributed by atoms with van der Waals surface area (Å²) < 4.78 is 0. The fourth-order valence-electron chi connectivity index (χ4n) is 5.04. The van der Waals surface area contributed by atoms with E-state index >= 15 is 0 Å². The Kier molecular flexibility index (Phi) is 5.86. The van der Waals surface area contributed by atoms with Crippen LogP contribution in [0.25, 0.3) is 0 Å². The van der Waals surface area contributed by atoms with Gasteiger partial charge in [0.1, 0.15) is 0 Å². The molecule has 0 unspecified atom stereocenters. The molecule has 2 aromatic heterocycles. The first-order valence-corrected chi connectivity index (χ1v) is 11.4. The highest BCUT2D eigenvalue weighted by atomic mass is 16.4. The van der Waals surface area contributed by atoms with Gasteiger partial charge in [-0.15, -0.1) is 0 Å². The SMILES string of the molecule is O=C(O)[C@@H]1CCc2ncc(CCN[C@H](c3ccccc3)[C@H]3CNc4cccnc4C3)cc21. The third kappa shape index (κ3) is 4.23. The van der Waals surface area contributed by atoms with Crippen LogP contribution < -0.4 is 10.6 Å². The summed E-state index contributed by atoms with van der Waals surface area (Å²) in [5.41, 5.74) is 6.45. The first-order valence-electron chi connectivity index (χ1n) is 11.4. The number of aryl methyl sites for hydroxylation is 1. The molecule has 5 rings (SSSR count). The van der Waals surface area contributed by atoms with Gasteiger partial charge in [0.2, 0.25) is 0 Å². The van der Waals surface area contributed by atoms with Gasteiger partial charge in [-0.25, -0.2) is 0 Å². The maximum Gasteiger partial charge on any atom is 0.311 e. The van der Waals surface area contributed by atoms with Crippen molar-refractivity contribution in [2.45, 2.75) is 37.6 Å². The Morgan fingerprint density at radius 1 is 1.16 bits per heavy atom. The largest absolute Gasteiger partial charge is 0.481 e. The van der Waals surface area contributed by atoms with Crippen LogP contribution >= 0.6 is 0 Å². The van der Waals surface area contributed by atoms with E-state index in [4.69, 9.17) is 0 Å². The lowest BCUT2D eigenvalue weighted by Crippen LogP contribution is -2.37. The van der Waals surface area contributed by atoms with Crippen LogP contribution in [0.3, 0.4) is 0 Å². The van der Waals surface area contributed by atoms with E-state index in [1.807, 2.05) is 24.5 Å². The van der Waals surface area contributed by atoms with E-state index in [-0.39, 0.29) is 6.04 Å². The number of rotatable bonds is 7. The summed E-state index contributed by atoms with van der Waals surface area (Å²) in [6, 6.07) is 16.9. The average molecular weight is 429 g/mol. The number of aliphatic carboxylic acids is 1. The van der Waals surface area contributed by atoms with Gasteiger partial charge in [-0.3, -0.25) is 14.8 Å².